The van der Waals surface area contributed by atoms with E-state index in [2.05, 4.69) is 55.6 Å². The first-order chi connectivity index (χ1) is 36.0. The summed E-state index contributed by atoms with van der Waals surface area (Å²) in [7, 11) is 0. The third-order valence-corrected chi connectivity index (χ3v) is 14.8. The quantitative estimate of drug-likeness (QED) is 0.0320. The largest absolute Gasteiger partial charge is 0.466 e. The number of rotatable bonds is 60. The molecule has 0 aliphatic rings. The number of nitrogens with one attached hydrogen (secondary N) is 1. The van der Waals surface area contributed by atoms with E-state index in [1.54, 1.807) is 6.08 Å². The number of unbranched alkanes of at least 4 members (excludes halogenated alkanes) is 43. The summed E-state index contributed by atoms with van der Waals surface area (Å²) in [5.74, 6) is -0.0828. The predicted molar refractivity (Wildman–Crippen MR) is 319 cm³/mol. The van der Waals surface area contributed by atoms with Crippen LogP contribution in [0.25, 0.3) is 0 Å². The van der Waals surface area contributed by atoms with E-state index < -0.39 is 12.1 Å². The molecule has 2 atom stereocenters. The van der Waals surface area contributed by atoms with Crippen LogP contribution in [0.3, 0.4) is 0 Å². The molecule has 73 heavy (non-hydrogen) atoms. The number of amides is 1. The van der Waals surface area contributed by atoms with Crippen LogP contribution in [0.2, 0.25) is 0 Å². The van der Waals surface area contributed by atoms with Gasteiger partial charge in [-0.1, -0.05) is 287 Å². The van der Waals surface area contributed by atoms with Crippen LogP contribution in [-0.2, 0) is 14.3 Å². The third kappa shape index (κ3) is 58.9. The maximum Gasteiger partial charge on any atom is 0.305 e. The molecule has 0 spiro atoms. The Kier molecular flexibility index (Phi) is 60.5. The first-order valence-corrected chi connectivity index (χ1v) is 32.4. The Hall–Kier alpha value is -2.18. The number of carbonyl (C=O) groups is 2. The van der Waals surface area contributed by atoms with Crippen LogP contribution in [-0.4, -0.2) is 47.4 Å². The Morgan fingerprint density at radius 1 is 0.384 bits per heavy atom. The summed E-state index contributed by atoms with van der Waals surface area (Å²) >= 11 is 0. The van der Waals surface area contributed by atoms with Crippen molar-refractivity contribution in [3.8, 4) is 0 Å². The fourth-order valence-electron chi connectivity index (χ4n) is 9.84. The molecule has 0 saturated heterocycles. The van der Waals surface area contributed by atoms with Crippen molar-refractivity contribution in [2.75, 3.05) is 13.2 Å². The molecule has 0 saturated carbocycles. The number of hydrogen-bond donors (Lipinski definition) is 3. The molecule has 0 aliphatic heterocycles. The van der Waals surface area contributed by atoms with E-state index in [1.165, 1.54) is 257 Å². The minimum atomic E-state index is -0.852. The van der Waals surface area contributed by atoms with E-state index in [-0.39, 0.29) is 18.5 Å². The molecule has 0 bridgehead atoms. The van der Waals surface area contributed by atoms with Crippen molar-refractivity contribution in [1.29, 1.82) is 0 Å². The smallest absolute Gasteiger partial charge is 0.305 e. The van der Waals surface area contributed by atoms with E-state index >= 15 is 0 Å². The Bertz CT molecular complexity index is 1230. The van der Waals surface area contributed by atoms with E-state index in [4.69, 9.17) is 4.74 Å². The highest BCUT2D eigenvalue weighted by atomic mass is 16.5. The maximum atomic E-state index is 12.5. The minimum absolute atomic E-state index is 0.00793. The molecule has 6 heteroatoms. The van der Waals surface area contributed by atoms with Crippen molar-refractivity contribution in [2.45, 2.75) is 353 Å². The fraction of sp³-hybridized carbons (Fsp3) is 0.851. The second kappa shape index (κ2) is 62.4. The molecule has 2 unspecified atom stereocenters. The Labute approximate surface area is 455 Å². The van der Waals surface area contributed by atoms with Crippen LogP contribution < -0.4 is 5.32 Å². The molecule has 1 amide bonds. The van der Waals surface area contributed by atoms with Gasteiger partial charge in [0, 0.05) is 12.8 Å². The van der Waals surface area contributed by atoms with Crippen LogP contribution in [0.4, 0.5) is 0 Å². The Morgan fingerprint density at radius 3 is 1.07 bits per heavy atom. The number of carbonyl (C=O) groups excluding carboxylic acids is 2. The van der Waals surface area contributed by atoms with Gasteiger partial charge in [-0.3, -0.25) is 9.59 Å². The van der Waals surface area contributed by atoms with Gasteiger partial charge in [-0.05, 0) is 89.9 Å². The number of hydrogen-bond acceptors (Lipinski definition) is 5. The summed E-state index contributed by atoms with van der Waals surface area (Å²) in [6, 6.07) is -0.636. The van der Waals surface area contributed by atoms with Crippen LogP contribution in [0, 0.1) is 0 Å². The molecule has 3 N–H and O–H groups in total. The normalized spacial score (nSPS) is 12.9. The summed E-state index contributed by atoms with van der Waals surface area (Å²) in [5.41, 5.74) is 0. The molecular formula is C67H125NO5. The molecule has 0 rings (SSSR count). The highest BCUT2D eigenvalue weighted by Crippen LogP contribution is 2.17. The molecule has 0 radical (unpaired) electrons. The topological polar surface area (TPSA) is 95.9 Å². The number of aliphatic hydroxyl groups is 2. The van der Waals surface area contributed by atoms with E-state index in [1.807, 2.05) is 6.08 Å². The summed E-state index contributed by atoms with van der Waals surface area (Å²) in [6.45, 7) is 4.89. The summed E-state index contributed by atoms with van der Waals surface area (Å²) < 4.78 is 5.48. The first-order valence-electron chi connectivity index (χ1n) is 32.4. The van der Waals surface area contributed by atoms with Crippen molar-refractivity contribution >= 4 is 11.9 Å². The lowest BCUT2D eigenvalue weighted by Crippen LogP contribution is -2.45. The number of allylic oxidation sites excluding steroid dienone is 7. The van der Waals surface area contributed by atoms with Gasteiger partial charge in [-0.2, -0.15) is 0 Å². The second-order valence-corrected chi connectivity index (χ2v) is 22.1. The van der Waals surface area contributed by atoms with Gasteiger partial charge < -0.3 is 20.3 Å². The minimum Gasteiger partial charge on any atom is -0.466 e. The van der Waals surface area contributed by atoms with E-state index in [0.29, 0.717) is 19.4 Å². The molecule has 0 aromatic rings. The second-order valence-electron chi connectivity index (χ2n) is 22.1. The lowest BCUT2D eigenvalue weighted by molar-refractivity contribution is -0.143. The molecule has 0 aromatic heterocycles. The van der Waals surface area contributed by atoms with Crippen LogP contribution in [0.5, 0.6) is 0 Å². The molecule has 6 nitrogen and oxygen atoms in total. The standard InChI is InChI=1S/C67H125NO5/c1-3-5-7-9-11-13-15-17-19-21-22-25-28-31-35-39-43-47-51-55-59-65(70)64(63-69)68-66(71)60-56-52-48-44-40-36-32-29-26-23-24-27-30-34-38-42-46-50-54-58-62-73-67(72)61-57-53-49-45-41-37-33-20-18-16-14-12-10-8-6-4-2/h14,16,20,23,26,33,55,59,64-65,69-70H,3-13,15,17-19,21-22,24-25,27-32,34-54,56-58,60-63H2,1-2H3,(H,68,71)/b16-14-,26-23-,33-20-,59-55+. The van der Waals surface area contributed by atoms with E-state index in [0.717, 1.165) is 57.8 Å². The predicted octanol–water partition coefficient (Wildman–Crippen LogP) is 20.5. The van der Waals surface area contributed by atoms with Gasteiger partial charge >= 0.3 is 5.97 Å². The summed E-state index contributed by atoms with van der Waals surface area (Å²) in [6.07, 6.45) is 80.1. The molecule has 428 valence electrons. The molecular weight excluding hydrogens is 899 g/mol. The average Bonchev–Trinajstić information content (AvgIpc) is 3.39. The Balaban J connectivity index is 3.47. The van der Waals surface area contributed by atoms with Crippen LogP contribution in [0.1, 0.15) is 341 Å². The van der Waals surface area contributed by atoms with Crippen LogP contribution in [0.15, 0.2) is 48.6 Å². The van der Waals surface area contributed by atoms with Gasteiger partial charge in [0.15, 0.2) is 0 Å². The van der Waals surface area contributed by atoms with Gasteiger partial charge in [0.2, 0.25) is 5.91 Å². The Morgan fingerprint density at radius 2 is 0.685 bits per heavy atom. The van der Waals surface area contributed by atoms with Gasteiger partial charge in [0.1, 0.15) is 0 Å². The number of esters is 1. The number of aliphatic hydroxyl groups excluding tert-OH is 2. The summed E-state index contributed by atoms with van der Waals surface area (Å²) in [5, 5.41) is 23.2. The van der Waals surface area contributed by atoms with Gasteiger partial charge in [0.05, 0.1) is 25.4 Å². The first kappa shape index (κ1) is 70.8. The molecule has 0 aliphatic carbocycles. The monoisotopic (exact) mass is 1020 g/mol. The van der Waals surface area contributed by atoms with Crippen molar-refractivity contribution in [1.82, 2.24) is 5.32 Å². The zero-order valence-electron chi connectivity index (χ0n) is 48.9. The van der Waals surface area contributed by atoms with Gasteiger partial charge in [0.25, 0.3) is 0 Å². The zero-order valence-corrected chi connectivity index (χ0v) is 48.9. The number of ether oxygens (including phenoxy) is 1. The highest BCUT2D eigenvalue weighted by molar-refractivity contribution is 5.76. The lowest BCUT2D eigenvalue weighted by Gasteiger charge is -2.20. The van der Waals surface area contributed by atoms with Crippen molar-refractivity contribution in [3.05, 3.63) is 48.6 Å². The SMILES string of the molecule is CCCCCC/C=C\C/C=C\CCCCCCCC(=O)OCCCCCCCCCCC/C=C\CCCCCCCCCC(=O)NC(CO)C(O)/C=C/CCCCCCCCCCCCCCCCCCCC. The maximum absolute atomic E-state index is 12.5. The average molecular weight is 1020 g/mol. The van der Waals surface area contributed by atoms with Crippen molar-refractivity contribution < 1.29 is 24.5 Å². The molecule has 0 fully saturated rings. The van der Waals surface area contributed by atoms with Crippen LogP contribution >= 0.6 is 0 Å². The van der Waals surface area contributed by atoms with Crippen molar-refractivity contribution in [3.63, 3.8) is 0 Å². The lowest BCUT2D eigenvalue weighted by atomic mass is 10.0. The fourth-order valence-corrected chi connectivity index (χ4v) is 9.84. The van der Waals surface area contributed by atoms with Gasteiger partial charge in [-0.15, -0.1) is 0 Å². The third-order valence-electron chi connectivity index (χ3n) is 14.8. The highest BCUT2D eigenvalue weighted by Gasteiger charge is 2.18. The summed E-state index contributed by atoms with van der Waals surface area (Å²) in [4.78, 5) is 24.6. The molecule has 0 heterocycles. The molecule has 0 aromatic carbocycles. The zero-order chi connectivity index (χ0) is 52.9. The van der Waals surface area contributed by atoms with Crippen molar-refractivity contribution in [2.24, 2.45) is 0 Å². The van der Waals surface area contributed by atoms with Gasteiger partial charge in [-0.25, -0.2) is 0 Å². The van der Waals surface area contributed by atoms with E-state index in [9.17, 15) is 19.8 Å².